The predicted octanol–water partition coefficient (Wildman–Crippen LogP) is 0.566. The molecule has 2 aromatic rings. The van der Waals surface area contributed by atoms with Gasteiger partial charge >= 0.3 is 0 Å². The molecule has 102 valence electrons. The van der Waals surface area contributed by atoms with Gasteiger partial charge in [-0.3, -0.25) is 4.98 Å². The van der Waals surface area contributed by atoms with Crippen LogP contribution in [0.1, 0.15) is 18.4 Å². The van der Waals surface area contributed by atoms with Gasteiger partial charge in [0.25, 0.3) is 0 Å². The molecule has 2 rings (SSSR count). The number of nitrogens with two attached hydrogens (primary N) is 1. The first-order valence-electron chi connectivity index (χ1n) is 5.63. The Morgan fingerprint density at radius 2 is 2.26 bits per heavy atom. The van der Waals surface area contributed by atoms with Crippen LogP contribution in [0.15, 0.2) is 29.0 Å². The molecular weight excluding hydrogens is 268 g/mol. The summed E-state index contributed by atoms with van der Waals surface area (Å²) in [7, 11) is -3.05. The summed E-state index contributed by atoms with van der Waals surface area (Å²) in [5.74, 6) is 0.596. The van der Waals surface area contributed by atoms with Gasteiger partial charge in [-0.2, -0.15) is 4.98 Å². The van der Waals surface area contributed by atoms with Crippen LogP contribution in [0, 0.1) is 0 Å². The number of pyridine rings is 1. The molecule has 0 aliphatic carbocycles. The van der Waals surface area contributed by atoms with Gasteiger partial charge in [-0.05, 0) is 18.6 Å². The maximum Gasteiger partial charge on any atom is 0.243 e. The topological polar surface area (TPSA) is 112 Å². The molecule has 0 aliphatic rings. The molecule has 2 heterocycles. The number of aromatic nitrogens is 3. The quantitative estimate of drug-likeness (QED) is 0.852. The lowest BCUT2D eigenvalue weighted by atomic mass is 10.2. The van der Waals surface area contributed by atoms with Crippen molar-refractivity contribution in [2.75, 3.05) is 12.0 Å². The molecule has 0 amide bonds. The highest BCUT2D eigenvalue weighted by atomic mass is 32.2. The molecule has 7 nitrogen and oxygen atoms in total. The molecule has 0 aliphatic heterocycles. The lowest BCUT2D eigenvalue weighted by Crippen LogP contribution is -2.16. The van der Waals surface area contributed by atoms with Crippen LogP contribution in [-0.4, -0.2) is 35.6 Å². The fourth-order valence-corrected chi connectivity index (χ4v) is 2.14. The van der Waals surface area contributed by atoms with E-state index in [1.54, 1.807) is 24.5 Å². The number of nitrogens with zero attached hydrogens (tertiary/aromatic N) is 3. The van der Waals surface area contributed by atoms with Crippen LogP contribution in [0.4, 0.5) is 0 Å². The Labute approximate surface area is 110 Å². The van der Waals surface area contributed by atoms with Crippen molar-refractivity contribution < 1.29 is 12.9 Å². The summed E-state index contributed by atoms with van der Waals surface area (Å²) in [5.41, 5.74) is 6.53. The minimum Gasteiger partial charge on any atom is -0.337 e. The van der Waals surface area contributed by atoms with E-state index in [1.807, 2.05) is 0 Å². The maximum absolute atomic E-state index is 11.1. The van der Waals surface area contributed by atoms with E-state index in [0.717, 1.165) is 6.26 Å². The largest absolute Gasteiger partial charge is 0.337 e. The lowest BCUT2D eigenvalue weighted by molar-refractivity contribution is 0.352. The van der Waals surface area contributed by atoms with Crippen molar-refractivity contribution in [1.29, 1.82) is 0 Å². The number of hydrogen-bond donors (Lipinski definition) is 1. The molecule has 0 unspecified atom stereocenters. The Morgan fingerprint density at radius 3 is 2.89 bits per heavy atom. The summed E-state index contributed by atoms with van der Waals surface area (Å²) in [4.78, 5) is 8.10. The monoisotopic (exact) mass is 282 g/mol. The van der Waals surface area contributed by atoms with Crippen LogP contribution in [0.25, 0.3) is 11.4 Å². The Hall–Kier alpha value is -1.80. The third-order valence-corrected chi connectivity index (χ3v) is 3.46. The van der Waals surface area contributed by atoms with Gasteiger partial charge in [0.05, 0.1) is 11.8 Å². The second-order valence-electron chi connectivity index (χ2n) is 4.22. The van der Waals surface area contributed by atoms with Crippen molar-refractivity contribution in [2.45, 2.75) is 12.5 Å². The fourth-order valence-electron chi connectivity index (χ4n) is 1.46. The SMILES string of the molecule is CS(=O)(=O)CC[C@@H](N)c1nc(-c2cccnc2)no1. The number of sulfone groups is 1. The van der Waals surface area contributed by atoms with Crippen LogP contribution in [0.5, 0.6) is 0 Å². The van der Waals surface area contributed by atoms with Crippen molar-refractivity contribution in [3.05, 3.63) is 30.4 Å². The van der Waals surface area contributed by atoms with E-state index in [-0.39, 0.29) is 18.1 Å². The van der Waals surface area contributed by atoms with E-state index in [0.29, 0.717) is 11.4 Å². The number of rotatable bonds is 5. The first kappa shape index (κ1) is 13.6. The van der Waals surface area contributed by atoms with Crippen LogP contribution in [0.2, 0.25) is 0 Å². The normalized spacial score (nSPS) is 13.4. The zero-order valence-electron chi connectivity index (χ0n) is 10.4. The zero-order chi connectivity index (χ0) is 13.9. The molecule has 0 saturated carbocycles. The average molecular weight is 282 g/mol. The van der Waals surface area contributed by atoms with Crippen LogP contribution >= 0.6 is 0 Å². The predicted molar refractivity (Wildman–Crippen MR) is 68.8 cm³/mol. The molecule has 19 heavy (non-hydrogen) atoms. The van der Waals surface area contributed by atoms with Crippen LogP contribution in [-0.2, 0) is 9.84 Å². The maximum atomic E-state index is 11.1. The highest BCUT2D eigenvalue weighted by molar-refractivity contribution is 7.90. The number of hydrogen-bond acceptors (Lipinski definition) is 7. The Morgan fingerprint density at radius 1 is 1.47 bits per heavy atom. The Kier molecular flexibility index (Phi) is 3.91. The molecule has 0 aromatic carbocycles. The van der Waals surface area contributed by atoms with E-state index < -0.39 is 15.9 Å². The fraction of sp³-hybridized carbons (Fsp3) is 0.364. The Balaban J connectivity index is 2.09. The van der Waals surface area contributed by atoms with Crippen molar-refractivity contribution in [3.8, 4) is 11.4 Å². The summed E-state index contributed by atoms with van der Waals surface area (Å²) in [6.45, 7) is 0. The highest BCUT2D eigenvalue weighted by Crippen LogP contribution is 2.18. The minimum atomic E-state index is -3.05. The first-order chi connectivity index (χ1) is 8.96. The standard InChI is InChI=1S/C11H14N4O3S/c1-19(16,17)6-4-9(12)11-14-10(15-18-11)8-3-2-5-13-7-8/h2-3,5,7,9H,4,6,12H2,1H3/t9-/m1/s1. The zero-order valence-corrected chi connectivity index (χ0v) is 11.2. The van der Waals surface area contributed by atoms with Crippen LogP contribution < -0.4 is 5.73 Å². The molecule has 0 saturated heterocycles. The van der Waals surface area contributed by atoms with Gasteiger partial charge in [-0.25, -0.2) is 8.42 Å². The molecule has 2 N–H and O–H groups in total. The second-order valence-corrected chi connectivity index (χ2v) is 6.48. The van der Waals surface area contributed by atoms with Gasteiger partial charge < -0.3 is 10.3 Å². The Bertz CT molecular complexity index is 639. The van der Waals surface area contributed by atoms with Crippen molar-refractivity contribution in [1.82, 2.24) is 15.1 Å². The molecule has 1 atom stereocenters. The third kappa shape index (κ3) is 3.83. The molecule has 0 fully saturated rings. The molecule has 0 bridgehead atoms. The second kappa shape index (κ2) is 5.45. The van der Waals surface area contributed by atoms with Gasteiger partial charge in [0, 0.05) is 24.2 Å². The van der Waals surface area contributed by atoms with Gasteiger partial charge in [0.1, 0.15) is 9.84 Å². The molecule has 8 heteroatoms. The minimum absolute atomic E-state index is 0.0151. The lowest BCUT2D eigenvalue weighted by Gasteiger charge is -2.04. The summed E-state index contributed by atoms with van der Waals surface area (Å²) in [5, 5.41) is 3.80. The summed E-state index contributed by atoms with van der Waals surface area (Å²) >= 11 is 0. The first-order valence-corrected chi connectivity index (χ1v) is 7.69. The van der Waals surface area contributed by atoms with Crippen molar-refractivity contribution in [2.24, 2.45) is 5.73 Å². The average Bonchev–Trinajstić information content (AvgIpc) is 2.86. The molecule has 0 spiro atoms. The van der Waals surface area contributed by atoms with Gasteiger partial charge in [0.15, 0.2) is 0 Å². The van der Waals surface area contributed by atoms with Gasteiger partial charge in [0.2, 0.25) is 11.7 Å². The van der Waals surface area contributed by atoms with E-state index in [4.69, 9.17) is 10.3 Å². The van der Waals surface area contributed by atoms with Crippen molar-refractivity contribution >= 4 is 9.84 Å². The summed E-state index contributed by atoms with van der Waals surface area (Å²) < 4.78 is 27.2. The van der Waals surface area contributed by atoms with Crippen molar-refractivity contribution in [3.63, 3.8) is 0 Å². The highest BCUT2D eigenvalue weighted by Gasteiger charge is 2.17. The van der Waals surface area contributed by atoms with E-state index >= 15 is 0 Å². The molecule has 0 radical (unpaired) electrons. The van der Waals surface area contributed by atoms with Gasteiger partial charge in [-0.1, -0.05) is 5.16 Å². The van der Waals surface area contributed by atoms with E-state index in [1.165, 1.54) is 0 Å². The molecular formula is C11H14N4O3S. The van der Waals surface area contributed by atoms with E-state index in [2.05, 4.69) is 15.1 Å². The molecule has 2 aromatic heterocycles. The third-order valence-electron chi connectivity index (χ3n) is 2.48. The van der Waals surface area contributed by atoms with Gasteiger partial charge in [-0.15, -0.1) is 0 Å². The smallest absolute Gasteiger partial charge is 0.243 e. The van der Waals surface area contributed by atoms with Crippen LogP contribution in [0.3, 0.4) is 0 Å². The summed E-state index contributed by atoms with van der Waals surface area (Å²) in [6, 6.07) is 2.96. The van der Waals surface area contributed by atoms with E-state index in [9.17, 15) is 8.42 Å². The summed E-state index contributed by atoms with van der Waals surface area (Å²) in [6.07, 6.45) is 4.65.